The minimum atomic E-state index is -2.98. The van der Waals surface area contributed by atoms with Crippen LogP contribution in [0.1, 0.15) is 31.7 Å². The van der Waals surface area contributed by atoms with Gasteiger partial charge in [0, 0.05) is 18.1 Å². The van der Waals surface area contributed by atoms with Gasteiger partial charge in [-0.2, -0.15) is 5.10 Å². The normalized spacial score (nSPS) is 19.5. The Balaban J connectivity index is 1.84. The van der Waals surface area contributed by atoms with Gasteiger partial charge in [0.1, 0.15) is 11.5 Å². The van der Waals surface area contributed by atoms with Crippen molar-refractivity contribution in [1.82, 2.24) is 5.43 Å². The Hall–Kier alpha value is -2.09. The molecule has 1 saturated heterocycles. The van der Waals surface area contributed by atoms with E-state index >= 15 is 0 Å². The maximum absolute atomic E-state index is 11.8. The van der Waals surface area contributed by atoms with E-state index in [1.165, 1.54) is 12.3 Å². The van der Waals surface area contributed by atoms with Crippen molar-refractivity contribution in [3.8, 4) is 11.5 Å². The highest BCUT2D eigenvalue weighted by Crippen LogP contribution is 2.23. The molecular formula is C16H22N2O5S. The van der Waals surface area contributed by atoms with Crippen molar-refractivity contribution in [2.45, 2.75) is 26.2 Å². The van der Waals surface area contributed by atoms with Crippen LogP contribution in [-0.4, -0.2) is 43.8 Å². The van der Waals surface area contributed by atoms with Gasteiger partial charge in [-0.25, -0.2) is 13.8 Å². The van der Waals surface area contributed by atoms with Crippen molar-refractivity contribution in [3.05, 3.63) is 23.8 Å². The number of hydrazone groups is 1. The van der Waals surface area contributed by atoms with Gasteiger partial charge in [-0.05, 0) is 30.9 Å². The summed E-state index contributed by atoms with van der Waals surface area (Å²) in [7, 11) is -2.98. The lowest BCUT2D eigenvalue weighted by Gasteiger charge is -2.07. The van der Waals surface area contributed by atoms with Crippen molar-refractivity contribution < 1.29 is 23.1 Å². The summed E-state index contributed by atoms with van der Waals surface area (Å²) in [6.07, 6.45) is 2.85. The van der Waals surface area contributed by atoms with E-state index in [0.29, 0.717) is 24.3 Å². The number of nitrogens with one attached hydrogen (secondary N) is 1. The number of phenolic OH excluding ortho intramolecular Hbond substituents is 1. The number of carbonyl (C=O) groups excluding carboxylic acids is 1. The molecule has 24 heavy (non-hydrogen) atoms. The van der Waals surface area contributed by atoms with Crippen LogP contribution in [0, 0.1) is 5.92 Å². The molecule has 7 nitrogen and oxygen atoms in total. The molecule has 0 aromatic heterocycles. The fourth-order valence-corrected chi connectivity index (χ4v) is 4.32. The number of hydrogen-bond donors (Lipinski definition) is 2. The molecule has 0 radical (unpaired) electrons. The quantitative estimate of drug-likeness (QED) is 0.570. The summed E-state index contributed by atoms with van der Waals surface area (Å²) in [5, 5.41) is 13.7. The maximum atomic E-state index is 11.8. The Morgan fingerprint density at radius 1 is 1.50 bits per heavy atom. The molecule has 2 rings (SSSR count). The summed E-state index contributed by atoms with van der Waals surface area (Å²) in [4.78, 5) is 11.8. The number of hydrogen-bond acceptors (Lipinski definition) is 6. The summed E-state index contributed by atoms with van der Waals surface area (Å²) in [6.45, 7) is 2.56. The molecule has 0 bridgehead atoms. The Morgan fingerprint density at radius 2 is 2.29 bits per heavy atom. The predicted octanol–water partition coefficient (Wildman–Crippen LogP) is 1.46. The van der Waals surface area contributed by atoms with Crippen LogP contribution in [0.25, 0.3) is 0 Å². The molecule has 0 saturated carbocycles. The van der Waals surface area contributed by atoms with E-state index in [4.69, 9.17) is 4.74 Å². The van der Waals surface area contributed by atoms with E-state index in [-0.39, 0.29) is 35.5 Å². The lowest BCUT2D eigenvalue weighted by atomic mass is 10.1. The maximum Gasteiger partial charge on any atom is 0.240 e. The molecule has 1 atom stereocenters. The lowest BCUT2D eigenvalue weighted by molar-refractivity contribution is -0.121. The number of amides is 1. The molecule has 1 heterocycles. The molecule has 2 N–H and O–H groups in total. The van der Waals surface area contributed by atoms with Crippen molar-refractivity contribution in [2.24, 2.45) is 11.0 Å². The highest BCUT2D eigenvalue weighted by Gasteiger charge is 2.29. The number of ether oxygens (including phenoxy) is 1. The average Bonchev–Trinajstić information content (AvgIpc) is 2.85. The number of nitrogens with zero attached hydrogens (tertiary/aromatic N) is 1. The van der Waals surface area contributed by atoms with E-state index in [2.05, 4.69) is 10.5 Å². The van der Waals surface area contributed by atoms with Gasteiger partial charge in [-0.3, -0.25) is 4.79 Å². The SMILES string of the molecule is CCCOc1ccc(/C=N/NC(=O)C[C@H]2CCS(=O)(=O)C2)c(O)c1. The number of sulfone groups is 1. The first kappa shape index (κ1) is 18.3. The van der Waals surface area contributed by atoms with Crippen LogP contribution < -0.4 is 10.2 Å². The minimum absolute atomic E-state index is 0.00323. The number of rotatable bonds is 7. The summed E-state index contributed by atoms with van der Waals surface area (Å²) in [5.41, 5.74) is 2.80. The van der Waals surface area contributed by atoms with Gasteiger partial charge in [-0.15, -0.1) is 0 Å². The van der Waals surface area contributed by atoms with E-state index in [1.807, 2.05) is 6.92 Å². The zero-order valence-electron chi connectivity index (χ0n) is 13.6. The molecule has 132 valence electrons. The summed E-state index contributed by atoms with van der Waals surface area (Å²) in [6, 6.07) is 4.84. The van der Waals surface area contributed by atoms with Gasteiger partial charge in [0.05, 0.1) is 24.3 Å². The first-order valence-corrected chi connectivity index (χ1v) is 9.70. The molecule has 0 aliphatic carbocycles. The zero-order chi connectivity index (χ0) is 17.6. The largest absolute Gasteiger partial charge is 0.507 e. The second kappa shape index (κ2) is 8.14. The van der Waals surface area contributed by atoms with Gasteiger partial charge in [-0.1, -0.05) is 6.92 Å². The van der Waals surface area contributed by atoms with E-state index in [9.17, 15) is 18.3 Å². The smallest absolute Gasteiger partial charge is 0.240 e. The van der Waals surface area contributed by atoms with Crippen LogP contribution >= 0.6 is 0 Å². The van der Waals surface area contributed by atoms with Crippen LogP contribution in [0.5, 0.6) is 11.5 Å². The van der Waals surface area contributed by atoms with Crippen molar-refractivity contribution in [2.75, 3.05) is 18.1 Å². The third kappa shape index (κ3) is 5.52. The number of phenols is 1. The molecule has 1 fully saturated rings. The number of benzene rings is 1. The first-order valence-electron chi connectivity index (χ1n) is 7.88. The molecule has 1 amide bonds. The minimum Gasteiger partial charge on any atom is -0.507 e. The summed E-state index contributed by atoms with van der Waals surface area (Å²) >= 11 is 0. The molecule has 1 aromatic rings. The number of carbonyl (C=O) groups is 1. The van der Waals surface area contributed by atoms with Crippen molar-refractivity contribution in [1.29, 1.82) is 0 Å². The van der Waals surface area contributed by atoms with Gasteiger partial charge in [0.2, 0.25) is 5.91 Å². The lowest BCUT2D eigenvalue weighted by Crippen LogP contribution is -2.21. The third-order valence-corrected chi connectivity index (χ3v) is 5.51. The zero-order valence-corrected chi connectivity index (χ0v) is 14.4. The molecule has 1 aliphatic heterocycles. The van der Waals surface area contributed by atoms with Gasteiger partial charge >= 0.3 is 0 Å². The average molecular weight is 354 g/mol. The van der Waals surface area contributed by atoms with Gasteiger partial charge < -0.3 is 9.84 Å². The highest BCUT2D eigenvalue weighted by atomic mass is 32.2. The molecule has 1 aliphatic rings. The predicted molar refractivity (Wildman–Crippen MR) is 91.0 cm³/mol. The molecule has 0 unspecified atom stereocenters. The Kier molecular flexibility index (Phi) is 6.19. The highest BCUT2D eigenvalue weighted by molar-refractivity contribution is 7.91. The van der Waals surface area contributed by atoms with Gasteiger partial charge in [0.15, 0.2) is 9.84 Å². The first-order chi connectivity index (χ1) is 11.4. The standard InChI is InChI=1S/C16H22N2O5S/c1-2-6-23-14-4-3-13(15(19)9-14)10-17-18-16(20)8-12-5-7-24(21,22)11-12/h3-4,9-10,12,19H,2,5-8,11H2,1H3,(H,18,20)/b17-10+/t12-/m1/s1. The fourth-order valence-electron chi connectivity index (χ4n) is 2.46. The van der Waals surface area contributed by atoms with Crippen LogP contribution in [0.4, 0.5) is 0 Å². The van der Waals surface area contributed by atoms with Crippen molar-refractivity contribution in [3.63, 3.8) is 0 Å². The second-order valence-corrected chi connectivity index (χ2v) is 8.06. The van der Waals surface area contributed by atoms with Crippen molar-refractivity contribution >= 4 is 22.0 Å². The Morgan fingerprint density at radius 3 is 2.92 bits per heavy atom. The monoisotopic (exact) mass is 354 g/mol. The van der Waals surface area contributed by atoms with Crippen LogP contribution in [0.2, 0.25) is 0 Å². The number of aromatic hydroxyl groups is 1. The Bertz CT molecular complexity index is 715. The topological polar surface area (TPSA) is 105 Å². The second-order valence-electron chi connectivity index (χ2n) is 5.84. The van der Waals surface area contributed by atoms with E-state index in [0.717, 1.165) is 6.42 Å². The molecule has 8 heteroatoms. The fraction of sp³-hybridized carbons (Fsp3) is 0.500. The summed E-state index contributed by atoms with van der Waals surface area (Å²) in [5.74, 6) is 0.296. The van der Waals surface area contributed by atoms with Gasteiger partial charge in [0.25, 0.3) is 0 Å². The molecule has 0 spiro atoms. The van der Waals surface area contributed by atoms with Crippen LogP contribution in [0.3, 0.4) is 0 Å². The van der Waals surface area contributed by atoms with Crippen LogP contribution in [-0.2, 0) is 14.6 Å². The van der Waals surface area contributed by atoms with E-state index < -0.39 is 9.84 Å². The third-order valence-electron chi connectivity index (χ3n) is 3.67. The molecular weight excluding hydrogens is 332 g/mol. The molecule has 1 aromatic carbocycles. The van der Waals surface area contributed by atoms with E-state index in [1.54, 1.807) is 12.1 Å². The van der Waals surface area contributed by atoms with Crippen LogP contribution in [0.15, 0.2) is 23.3 Å². The Labute approximate surface area is 141 Å². The summed E-state index contributed by atoms with van der Waals surface area (Å²) < 4.78 is 28.1.